The van der Waals surface area contributed by atoms with Crippen LogP contribution in [0.25, 0.3) is 0 Å². The Hall–Kier alpha value is -3.52. The van der Waals surface area contributed by atoms with E-state index in [0.29, 0.717) is 19.5 Å². The second-order valence-corrected chi connectivity index (χ2v) is 14.0. The summed E-state index contributed by atoms with van der Waals surface area (Å²) >= 11 is 0. The van der Waals surface area contributed by atoms with Gasteiger partial charge < -0.3 is 30.2 Å². The fraction of sp³-hybridized carbons (Fsp3) is 0.633. The Morgan fingerprint density at radius 2 is 1.82 bits per heavy atom. The van der Waals surface area contributed by atoms with Gasteiger partial charge >= 0.3 is 0 Å². The summed E-state index contributed by atoms with van der Waals surface area (Å²) in [5.41, 5.74) is 0.0793. The molecule has 0 unspecified atom stereocenters. The lowest BCUT2D eigenvalue weighted by atomic mass is 10.1. The number of carbonyl (C=O) groups is 5. The average Bonchev–Trinajstić information content (AvgIpc) is 3.35. The summed E-state index contributed by atoms with van der Waals surface area (Å²) in [6.45, 7) is 2.70. The zero-order valence-corrected chi connectivity index (χ0v) is 27.2. The molecule has 2 aliphatic heterocycles. The van der Waals surface area contributed by atoms with Crippen LogP contribution in [0.15, 0.2) is 29.2 Å². The van der Waals surface area contributed by atoms with Crippen molar-refractivity contribution in [3.63, 3.8) is 0 Å². The monoisotopic (exact) mass is 634 g/mol. The van der Waals surface area contributed by atoms with Gasteiger partial charge in [-0.3, -0.25) is 24.0 Å². The van der Waals surface area contributed by atoms with E-state index in [4.69, 9.17) is 0 Å². The smallest absolute Gasteiger partial charge is 0.254 e. The van der Waals surface area contributed by atoms with Crippen LogP contribution in [0.3, 0.4) is 0 Å². The van der Waals surface area contributed by atoms with E-state index in [2.05, 4.69) is 10.6 Å². The molecule has 3 atom stereocenters. The molecule has 3 rings (SSSR count). The highest BCUT2D eigenvalue weighted by atomic mass is 32.2. The average molecular weight is 635 g/mol. The van der Waals surface area contributed by atoms with Gasteiger partial charge in [-0.1, -0.05) is 19.4 Å². The van der Waals surface area contributed by atoms with Crippen molar-refractivity contribution >= 4 is 39.4 Å². The van der Waals surface area contributed by atoms with E-state index in [9.17, 15) is 32.4 Å². The number of benzene rings is 1. The minimum atomic E-state index is -3.99. The molecule has 0 spiro atoms. The van der Waals surface area contributed by atoms with Crippen LogP contribution in [-0.4, -0.2) is 136 Å². The molecule has 2 heterocycles. The van der Waals surface area contributed by atoms with Crippen molar-refractivity contribution in [1.29, 1.82) is 0 Å². The van der Waals surface area contributed by atoms with Crippen molar-refractivity contribution in [3.05, 3.63) is 29.8 Å². The molecular weight excluding hydrogens is 588 g/mol. The summed E-state index contributed by atoms with van der Waals surface area (Å²) in [5.74, 6) is -2.40. The summed E-state index contributed by atoms with van der Waals surface area (Å²) in [6, 6.07) is 3.46. The normalized spacial score (nSPS) is 23.1. The second-order valence-electron chi connectivity index (χ2n) is 11.9. The van der Waals surface area contributed by atoms with Crippen LogP contribution in [0.4, 0.5) is 0 Å². The van der Waals surface area contributed by atoms with Gasteiger partial charge in [0.2, 0.25) is 23.6 Å². The van der Waals surface area contributed by atoms with Crippen molar-refractivity contribution < 1.29 is 32.4 Å². The number of hydrogen-bond acceptors (Lipinski definition) is 8. The first kappa shape index (κ1) is 35.0. The van der Waals surface area contributed by atoms with Gasteiger partial charge in [0.1, 0.15) is 6.04 Å². The fourth-order valence-corrected chi connectivity index (χ4v) is 7.10. The summed E-state index contributed by atoms with van der Waals surface area (Å²) in [4.78, 5) is 71.5. The zero-order chi connectivity index (χ0) is 32.6. The molecule has 0 aliphatic carbocycles. The Kier molecular flexibility index (Phi) is 12.3. The van der Waals surface area contributed by atoms with Crippen LogP contribution in [-0.2, 0) is 29.0 Å². The summed E-state index contributed by atoms with van der Waals surface area (Å²) in [7, 11) is 2.66. The lowest BCUT2D eigenvalue weighted by molar-refractivity contribution is -0.140. The van der Waals surface area contributed by atoms with Crippen molar-refractivity contribution in [2.24, 2.45) is 0 Å². The van der Waals surface area contributed by atoms with Gasteiger partial charge in [0, 0.05) is 64.2 Å². The Morgan fingerprint density at radius 3 is 2.50 bits per heavy atom. The Balaban J connectivity index is 1.94. The quantitative estimate of drug-likeness (QED) is 0.408. The predicted molar refractivity (Wildman–Crippen MR) is 164 cm³/mol. The third-order valence-electron chi connectivity index (χ3n) is 8.09. The molecule has 0 saturated carbocycles. The van der Waals surface area contributed by atoms with E-state index >= 15 is 0 Å². The number of nitrogens with zero attached hydrogens (tertiary/aromatic N) is 4. The number of rotatable bonds is 8. The summed E-state index contributed by atoms with van der Waals surface area (Å²) in [5, 5.41) is 5.73. The molecule has 2 bridgehead atoms. The minimum absolute atomic E-state index is 0.00357. The maximum Gasteiger partial charge on any atom is 0.254 e. The van der Waals surface area contributed by atoms with Crippen LogP contribution in [0, 0.1) is 0 Å². The zero-order valence-electron chi connectivity index (χ0n) is 26.4. The number of unbranched alkanes of at least 4 members (excludes halogenated alkanes) is 1. The molecule has 14 heteroatoms. The highest BCUT2D eigenvalue weighted by Gasteiger charge is 2.39. The molecule has 5 amide bonds. The molecule has 0 radical (unpaired) electrons. The van der Waals surface area contributed by atoms with Crippen LogP contribution in [0.2, 0.25) is 0 Å². The lowest BCUT2D eigenvalue weighted by Crippen LogP contribution is -2.50. The van der Waals surface area contributed by atoms with Gasteiger partial charge in [-0.2, -0.15) is 0 Å². The maximum atomic E-state index is 13.6. The second kappa shape index (κ2) is 15.5. The SMILES string of the molecule is CCCCC(=O)N[C@@H]1C[C@H]2CS(=O)(=O)c3cccc(c3)C(=O)N(C)[C@H](C(=O)NCCN(C)C)CCC(=O)N(C)CC(=O)N2C1. The van der Waals surface area contributed by atoms with Crippen molar-refractivity contribution in [1.82, 2.24) is 30.2 Å². The molecule has 1 aromatic rings. The first-order valence-corrected chi connectivity index (χ1v) is 16.7. The van der Waals surface area contributed by atoms with Gasteiger partial charge in [0.05, 0.1) is 17.2 Å². The standard InChI is InChI=1S/C30H46N6O7S/c1-6-7-11-26(37)32-22-17-23-20-44(42,43)24-10-8-9-21(16-24)30(41)35(5)25(29(40)31-14-15-33(2)3)12-13-27(38)34(4)19-28(39)36(23)18-22/h8-10,16,22-23,25H,6-7,11-15,17-20H2,1-5H3,(H,31,40)(H,32,37)/t22-,23+,25+/m1/s1. The van der Waals surface area contributed by atoms with Crippen molar-refractivity contribution in [2.45, 2.75) is 68.5 Å². The molecule has 0 aromatic heterocycles. The van der Waals surface area contributed by atoms with E-state index in [-0.39, 0.29) is 48.7 Å². The Bertz CT molecular complexity index is 1330. The number of carbonyl (C=O) groups excluding carboxylic acids is 5. The molecule has 244 valence electrons. The van der Waals surface area contributed by atoms with Crippen LogP contribution in [0.1, 0.15) is 55.8 Å². The summed E-state index contributed by atoms with van der Waals surface area (Å²) in [6.07, 6.45) is 2.06. The topological polar surface area (TPSA) is 157 Å². The molecule has 1 saturated heterocycles. The number of likely N-dealkylation sites (N-methyl/N-ethyl adjacent to an activating group) is 3. The Labute approximate surface area is 260 Å². The van der Waals surface area contributed by atoms with E-state index < -0.39 is 57.3 Å². The first-order valence-electron chi connectivity index (χ1n) is 15.1. The van der Waals surface area contributed by atoms with Gasteiger partial charge in [-0.15, -0.1) is 0 Å². The van der Waals surface area contributed by atoms with E-state index in [1.807, 2.05) is 25.9 Å². The number of sulfone groups is 1. The number of amides is 5. The number of fused-ring (bicyclic) bond motifs is 3. The van der Waals surface area contributed by atoms with Gasteiger partial charge in [-0.25, -0.2) is 8.42 Å². The molecule has 44 heavy (non-hydrogen) atoms. The first-order chi connectivity index (χ1) is 20.7. The van der Waals surface area contributed by atoms with Gasteiger partial charge in [0.15, 0.2) is 9.84 Å². The highest BCUT2D eigenvalue weighted by molar-refractivity contribution is 7.91. The van der Waals surface area contributed by atoms with E-state index in [1.165, 1.54) is 53.1 Å². The number of nitrogens with one attached hydrogen (secondary N) is 2. The Morgan fingerprint density at radius 1 is 1.09 bits per heavy atom. The van der Waals surface area contributed by atoms with E-state index in [0.717, 1.165) is 12.8 Å². The van der Waals surface area contributed by atoms with Crippen molar-refractivity contribution in [2.75, 3.05) is 60.1 Å². The van der Waals surface area contributed by atoms with Gasteiger partial charge in [-0.05, 0) is 51.6 Å². The molecule has 1 fully saturated rings. The molecule has 2 N–H and O–H groups in total. The third-order valence-corrected chi connectivity index (χ3v) is 9.88. The highest BCUT2D eigenvalue weighted by Crippen LogP contribution is 2.25. The molecular formula is C30H46N6O7S. The summed E-state index contributed by atoms with van der Waals surface area (Å²) < 4.78 is 27.3. The molecule has 1 aromatic carbocycles. The lowest BCUT2D eigenvalue weighted by Gasteiger charge is -2.30. The van der Waals surface area contributed by atoms with Crippen molar-refractivity contribution in [3.8, 4) is 0 Å². The van der Waals surface area contributed by atoms with Crippen LogP contribution < -0.4 is 10.6 Å². The predicted octanol–water partition coefficient (Wildman–Crippen LogP) is 0.107. The molecule has 2 aliphatic rings. The van der Waals surface area contributed by atoms with Gasteiger partial charge in [0.25, 0.3) is 5.91 Å². The minimum Gasteiger partial charge on any atom is -0.353 e. The van der Waals surface area contributed by atoms with Crippen LogP contribution in [0.5, 0.6) is 0 Å². The van der Waals surface area contributed by atoms with Crippen LogP contribution >= 0.6 is 0 Å². The number of hydrogen-bond donors (Lipinski definition) is 2. The van der Waals surface area contributed by atoms with E-state index in [1.54, 1.807) is 0 Å². The fourth-order valence-electron chi connectivity index (χ4n) is 5.49. The third kappa shape index (κ3) is 9.24. The molecule has 13 nitrogen and oxygen atoms in total. The maximum absolute atomic E-state index is 13.6. The largest absolute Gasteiger partial charge is 0.353 e.